The Morgan fingerprint density at radius 1 is 1.07 bits per heavy atom. The van der Waals surface area contributed by atoms with Gasteiger partial charge in [-0.05, 0) is 23.8 Å². The molecule has 1 atom stereocenters. The average Bonchev–Trinajstić information content (AvgIpc) is 3.43. The van der Waals surface area contributed by atoms with Crippen molar-refractivity contribution in [1.29, 1.82) is 0 Å². The molecule has 0 aliphatic rings. The van der Waals surface area contributed by atoms with Gasteiger partial charge in [-0.3, -0.25) is 9.48 Å². The molecule has 8 heteroatoms. The molecular formula is C22H22N6O2. The van der Waals surface area contributed by atoms with Crippen LogP contribution in [0.4, 0.5) is 0 Å². The molecule has 0 saturated carbocycles. The maximum absolute atomic E-state index is 13.1. The molecule has 0 aliphatic heterocycles. The molecule has 2 aromatic carbocycles. The van der Waals surface area contributed by atoms with Crippen LogP contribution in [0.15, 0.2) is 73.1 Å². The van der Waals surface area contributed by atoms with Crippen molar-refractivity contribution < 1.29 is 9.53 Å². The van der Waals surface area contributed by atoms with Crippen LogP contribution in [0.2, 0.25) is 0 Å². The summed E-state index contributed by atoms with van der Waals surface area (Å²) in [6.45, 7) is 0.420. The molecule has 1 N–H and O–H groups in total. The third kappa shape index (κ3) is 4.22. The lowest BCUT2D eigenvalue weighted by Gasteiger charge is -2.18. The predicted octanol–water partition coefficient (Wildman–Crippen LogP) is 2.86. The van der Waals surface area contributed by atoms with Crippen LogP contribution in [0.3, 0.4) is 0 Å². The first-order chi connectivity index (χ1) is 14.6. The number of rotatable bonds is 7. The SMILES string of the molecule is COc1cccc(-c2cc(C(=O)N[C@@H](Cn3nccn3)c3ccccc3)n(C)n2)c1. The van der Waals surface area contributed by atoms with Crippen molar-refractivity contribution >= 4 is 5.91 Å². The summed E-state index contributed by atoms with van der Waals surface area (Å²) in [7, 11) is 3.37. The number of amides is 1. The van der Waals surface area contributed by atoms with Gasteiger partial charge in [0.25, 0.3) is 5.91 Å². The quantitative estimate of drug-likeness (QED) is 0.514. The largest absolute Gasteiger partial charge is 0.497 e. The van der Waals surface area contributed by atoms with Crippen molar-refractivity contribution in [2.75, 3.05) is 7.11 Å². The number of nitrogens with zero attached hydrogens (tertiary/aromatic N) is 5. The van der Waals surface area contributed by atoms with E-state index in [1.54, 1.807) is 42.1 Å². The summed E-state index contributed by atoms with van der Waals surface area (Å²) in [6, 6.07) is 18.8. The number of ether oxygens (including phenoxy) is 1. The third-order valence-electron chi connectivity index (χ3n) is 4.80. The maximum atomic E-state index is 13.1. The molecule has 2 heterocycles. The Balaban J connectivity index is 1.59. The Bertz CT molecular complexity index is 1120. The number of carbonyl (C=O) groups is 1. The van der Waals surface area contributed by atoms with Crippen molar-refractivity contribution in [3.63, 3.8) is 0 Å². The van der Waals surface area contributed by atoms with Gasteiger partial charge in [-0.2, -0.15) is 20.1 Å². The number of methoxy groups -OCH3 is 1. The minimum absolute atomic E-state index is 0.222. The van der Waals surface area contributed by atoms with E-state index in [4.69, 9.17) is 4.74 Å². The molecule has 4 aromatic rings. The van der Waals surface area contributed by atoms with Crippen LogP contribution in [0.1, 0.15) is 22.1 Å². The Kier molecular flexibility index (Phi) is 5.56. The van der Waals surface area contributed by atoms with Crippen molar-refractivity contribution in [2.45, 2.75) is 12.6 Å². The molecule has 0 saturated heterocycles. The zero-order valence-electron chi connectivity index (χ0n) is 16.8. The second-order valence-corrected chi connectivity index (χ2v) is 6.79. The van der Waals surface area contributed by atoms with E-state index in [0.29, 0.717) is 17.9 Å². The molecular weight excluding hydrogens is 380 g/mol. The second kappa shape index (κ2) is 8.60. The van der Waals surface area contributed by atoms with Crippen LogP contribution >= 0.6 is 0 Å². The van der Waals surface area contributed by atoms with Crippen molar-refractivity contribution in [3.8, 4) is 17.0 Å². The summed E-state index contributed by atoms with van der Waals surface area (Å²) in [5, 5.41) is 15.9. The summed E-state index contributed by atoms with van der Waals surface area (Å²) in [6.07, 6.45) is 3.23. The zero-order valence-corrected chi connectivity index (χ0v) is 16.8. The van der Waals surface area contributed by atoms with Crippen LogP contribution < -0.4 is 10.1 Å². The van der Waals surface area contributed by atoms with E-state index < -0.39 is 0 Å². The van der Waals surface area contributed by atoms with Gasteiger partial charge in [0.05, 0.1) is 37.8 Å². The van der Waals surface area contributed by atoms with Crippen LogP contribution in [-0.4, -0.2) is 37.8 Å². The first-order valence-corrected chi connectivity index (χ1v) is 9.52. The van der Waals surface area contributed by atoms with E-state index in [0.717, 1.165) is 16.9 Å². The Morgan fingerprint density at radius 3 is 2.57 bits per heavy atom. The number of benzene rings is 2. The molecule has 30 heavy (non-hydrogen) atoms. The highest BCUT2D eigenvalue weighted by Crippen LogP contribution is 2.24. The van der Waals surface area contributed by atoms with Crippen LogP contribution in [0, 0.1) is 0 Å². The van der Waals surface area contributed by atoms with E-state index in [1.165, 1.54) is 0 Å². The van der Waals surface area contributed by atoms with Gasteiger partial charge in [0.2, 0.25) is 0 Å². The van der Waals surface area contributed by atoms with Gasteiger partial charge in [-0.15, -0.1) is 0 Å². The summed E-state index contributed by atoms with van der Waals surface area (Å²) in [5.74, 6) is 0.514. The van der Waals surface area contributed by atoms with Gasteiger partial charge in [-0.25, -0.2) is 0 Å². The summed E-state index contributed by atoms with van der Waals surface area (Å²) >= 11 is 0. The molecule has 4 rings (SSSR count). The topological polar surface area (TPSA) is 86.9 Å². The third-order valence-corrected chi connectivity index (χ3v) is 4.80. The van der Waals surface area contributed by atoms with Crippen molar-refractivity contribution in [2.24, 2.45) is 7.05 Å². The first-order valence-electron chi connectivity index (χ1n) is 9.52. The number of hydrogen-bond acceptors (Lipinski definition) is 5. The van der Waals surface area contributed by atoms with Gasteiger partial charge in [-0.1, -0.05) is 42.5 Å². The Morgan fingerprint density at radius 2 is 1.83 bits per heavy atom. The highest BCUT2D eigenvalue weighted by atomic mass is 16.5. The normalized spacial score (nSPS) is 11.8. The predicted molar refractivity (Wildman–Crippen MR) is 112 cm³/mol. The number of nitrogens with one attached hydrogen (secondary N) is 1. The van der Waals surface area contributed by atoms with Gasteiger partial charge >= 0.3 is 0 Å². The fourth-order valence-corrected chi connectivity index (χ4v) is 3.26. The molecule has 152 valence electrons. The standard InChI is InChI=1S/C22H22N6O2/c1-27-21(14-19(26-27)17-9-6-10-18(13-17)30-2)22(29)25-20(15-28-23-11-12-24-28)16-7-4-3-5-8-16/h3-14,20H,15H2,1-2H3,(H,25,29)/t20-/m0/s1. The average molecular weight is 402 g/mol. The zero-order chi connectivity index (χ0) is 20.9. The summed E-state index contributed by atoms with van der Waals surface area (Å²) in [5.41, 5.74) is 3.01. The van der Waals surface area contributed by atoms with E-state index >= 15 is 0 Å². The Hall–Kier alpha value is -3.94. The van der Waals surface area contributed by atoms with E-state index in [-0.39, 0.29) is 11.9 Å². The molecule has 0 aliphatic carbocycles. The van der Waals surface area contributed by atoms with E-state index in [1.807, 2.05) is 54.6 Å². The number of carbonyl (C=O) groups excluding carboxylic acids is 1. The van der Waals surface area contributed by atoms with Gasteiger partial charge < -0.3 is 10.1 Å². The smallest absolute Gasteiger partial charge is 0.270 e. The minimum Gasteiger partial charge on any atom is -0.497 e. The maximum Gasteiger partial charge on any atom is 0.270 e. The molecule has 0 bridgehead atoms. The second-order valence-electron chi connectivity index (χ2n) is 6.79. The van der Waals surface area contributed by atoms with Crippen molar-refractivity contribution in [1.82, 2.24) is 30.1 Å². The fraction of sp³-hybridized carbons (Fsp3) is 0.182. The Labute approximate surface area is 174 Å². The monoisotopic (exact) mass is 402 g/mol. The number of aromatic nitrogens is 5. The molecule has 0 spiro atoms. The summed E-state index contributed by atoms with van der Waals surface area (Å²) in [4.78, 5) is 14.7. The highest BCUT2D eigenvalue weighted by Gasteiger charge is 2.20. The molecule has 1 amide bonds. The molecule has 0 unspecified atom stereocenters. The van der Waals surface area contributed by atoms with E-state index in [2.05, 4.69) is 20.6 Å². The van der Waals surface area contributed by atoms with Gasteiger partial charge in [0.15, 0.2) is 0 Å². The molecule has 8 nitrogen and oxygen atoms in total. The molecule has 0 fully saturated rings. The summed E-state index contributed by atoms with van der Waals surface area (Å²) < 4.78 is 6.87. The number of hydrogen-bond donors (Lipinski definition) is 1. The minimum atomic E-state index is -0.290. The lowest BCUT2D eigenvalue weighted by molar-refractivity contribution is 0.0921. The van der Waals surface area contributed by atoms with Crippen LogP contribution in [0.25, 0.3) is 11.3 Å². The van der Waals surface area contributed by atoms with Gasteiger partial charge in [0, 0.05) is 12.6 Å². The van der Waals surface area contributed by atoms with Gasteiger partial charge in [0.1, 0.15) is 11.4 Å². The van der Waals surface area contributed by atoms with E-state index in [9.17, 15) is 4.79 Å². The lowest BCUT2D eigenvalue weighted by Crippen LogP contribution is -2.33. The first kappa shape index (κ1) is 19.4. The highest BCUT2D eigenvalue weighted by molar-refractivity contribution is 5.94. The lowest BCUT2D eigenvalue weighted by atomic mass is 10.1. The van der Waals surface area contributed by atoms with Crippen LogP contribution in [0.5, 0.6) is 5.75 Å². The van der Waals surface area contributed by atoms with Crippen LogP contribution in [-0.2, 0) is 13.6 Å². The van der Waals surface area contributed by atoms with Crippen molar-refractivity contribution in [3.05, 3.63) is 84.3 Å². The molecule has 2 aromatic heterocycles. The molecule has 0 radical (unpaired) electrons. The fourth-order valence-electron chi connectivity index (χ4n) is 3.26. The number of aryl methyl sites for hydroxylation is 1.